The molecule has 0 aliphatic heterocycles. The average Bonchev–Trinajstić information content (AvgIpc) is 3.63. The molecule has 1 N–H and O–H groups in total. The minimum Gasteiger partial charge on any atom is -0.449 e. The number of rotatable bonds is 46. The molecule has 0 spiro atoms. The van der Waals surface area contributed by atoms with E-state index in [2.05, 4.69) is 36.5 Å². The summed E-state index contributed by atoms with van der Waals surface area (Å²) in [5.74, 6) is 0.0345. The lowest BCUT2D eigenvalue weighted by Crippen LogP contribution is -2.29. The maximum absolute atomic E-state index is 12.3. The molecule has 2 aromatic rings. The normalized spacial score (nSPS) is 12.2. The van der Waals surface area contributed by atoms with Crippen LogP contribution in [-0.2, 0) is 66.3 Å². The van der Waals surface area contributed by atoms with Gasteiger partial charge in [0, 0.05) is 19.1 Å². The van der Waals surface area contributed by atoms with E-state index in [0.717, 1.165) is 13.0 Å². The maximum Gasteiger partial charge on any atom is 0.407 e. The molecule has 16 nitrogen and oxygen atoms in total. The summed E-state index contributed by atoms with van der Waals surface area (Å²) in [6.45, 7) is 16.2. The maximum atomic E-state index is 12.3. The zero-order valence-electron chi connectivity index (χ0n) is 37.9. The first kappa shape index (κ1) is 54.5. The van der Waals surface area contributed by atoms with Crippen LogP contribution in [0.3, 0.4) is 0 Å². The first-order valence-electron chi connectivity index (χ1n) is 22.9. The van der Waals surface area contributed by atoms with Crippen molar-refractivity contribution in [3.8, 4) is 11.1 Å². The van der Waals surface area contributed by atoms with Crippen LogP contribution < -0.4 is 5.32 Å². The molecule has 2 aromatic carbocycles. The summed E-state index contributed by atoms with van der Waals surface area (Å²) >= 11 is 0. The highest BCUT2D eigenvalue weighted by molar-refractivity contribution is 5.79. The zero-order valence-corrected chi connectivity index (χ0v) is 37.9. The van der Waals surface area contributed by atoms with E-state index in [1.54, 1.807) is 0 Å². The molecule has 1 aliphatic carbocycles. The molecule has 360 valence electrons. The number of ether oxygens (including phenoxy) is 14. The number of fused-ring (bicyclic) bond motifs is 3. The molecule has 0 atom stereocenters. The highest BCUT2D eigenvalue weighted by atomic mass is 16.6. The van der Waals surface area contributed by atoms with Crippen LogP contribution in [0.1, 0.15) is 49.7 Å². The molecule has 63 heavy (non-hydrogen) atoms. The van der Waals surface area contributed by atoms with Crippen molar-refractivity contribution in [2.45, 2.75) is 38.5 Å². The van der Waals surface area contributed by atoms with Gasteiger partial charge in [-0.15, -0.1) is 0 Å². The van der Waals surface area contributed by atoms with Crippen LogP contribution in [-0.4, -0.2) is 191 Å². The van der Waals surface area contributed by atoms with Crippen LogP contribution in [0.5, 0.6) is 0 Å². The summed E-state index contributed by atoms with van der Waals surface area (Å²) in [6, 6.07) is 16.5. The first-order valence-corrected chi connectivity index (χ1v) is 22.9. The van der Waals surface area contributed by atoms with E-state index < -0.39 is 6.09 Å². The topological polar surface area (TPSA) is 158 Å². The summed E-state index contributed by atoms with van der Waals surface area (Å²) in [5.41, 5.74) is 4.77. The second-order valence-electron chi connectivity index (χ2n) is 14.3. The quantitative estimate of drug-likeness (QED) is 0.0851. The van der Waals surface area contributed by atoms with Gasteiger partial charge in [0.1, 0.15) is 6.61 Å². The number of alkyl carbamates (subject to hydrolysis) is 1. The van der Waals surface area contributed by atoms with Gasteiger partial charge in [-0.05, 0) is 28.7 Å². The van der Waals surface area contributed by atoms with E-state index in [1.807, 2.05) is 24.3 Å². The summed E-state index contributed by atoms with van der Waals surface area (Å²) in [7, 11) is 0. The number of hydrogen-bond donors (Lipinski definition) is 1. The lowest BCUT2D eigenvalue weighted by atomic mass is 9.98. The molecule has 16 heteroatoms. The van der Waals surface area contributed by atoms with Gasteiger partial charge in [0.05, 0.1) is 165 Å². The Kier molecular flexibility index (Phi) is 35.2. The van der Waals surface area contributed by atoms with Gasteiger partial charge in [0.15, 0.2) is 0 Å². The molecule has 0 bridgehead atoms. The fourth-order valence-corrected chi connectivity index (χ4v) is 6.25. The molecular weight excluding hydrogens is 819 g/mol. The number of amides is 1. The third-order valence-electron chi connectivity index (χ3n) is 9.47. The lowest BCUT2D eigenvalue weighted by molar-refractivity contribution is -0.0290. The molecule has 1 amide bonds. The number of carbonyl (C=O) groups excluding carboxylic acids is 1. The second-order valence-corrected chi connectivity index (χ2v) is 14.3. The smallest absolute Gasteiger partial charge is 0.407 e. The van der Waals surface area contributed by atoms with Gasteiger partial charge in [-0.2, -0.15) is 0 Å². The number of benzene rings is 2. The van der Waals surface area contributed by atoms with Gasteiger partial charge in [-0.1, -0.05) is 74.7 Å². The Hall–Kier alpha value is -2.81. The van der Waals surface area contributed by atoms with E-state index in [-0.39, 0.29) is 12.5 Å². The van der Waals surface area contributed by atoms with Crippen LogP contribution in [0.25, 0.3) is 11.1 Å². The summed E-state index contributed by atoms with van der Waals surface area (Å²) in [5, 5.41) is 2.75. The Balaban J connectivity index is 0.907. The van der Waals surface area contributed by atoms with Gasteiger partial charge in [0.25, 0.3) is 0 Å². The van der Waals surface area contributed by atoms with E-state index in [4.69, 9.17) is 66.3 Å². The largest absolute Gasteiger partial charge is 0.449 e. The first-order chi connectivity index (χ1) is 31.3. The van der Waals surface area contributed by atoms with Gasteiger partial charge in [-0.25, -0.2) is 4.79 Å². The summed E-state index contributed by atoms with van der Waals surface area (Å²) in [4.78, 5) is 12.3. The van der Waals surface area contributed by atoms with E-state index in [9.17, 15) is 4.79 Å². The van der Waals surface area contributed by atoms with Crippen molar-refractivity contribution in [1.82, 2.24) is 5.32 Å². The van der Waals surface area contributed by atoms with Gasteiger partial charge in [0.2, 0.25) is 0 Å². The van der Waals surface area contributed by atoms with Crippen molar-refractivity contribution < 1.29 is 71.1 Å². The van der Waals surface area contributed by atoms with Crippen LogP contribution in [0.4, 0.5) is 4.79 Å². The van der Waals surface area contributed by atoms with E-state index >= 15 is 0 Å². The average molecular weight is 896 g/mol. The predicted octanol–water partition coefficient (Wildman–Crippen LogP) is 5.32. The predicted molar refractivity (Wildman–Crippen MR) is 238 cm³/mol. The van der Waals surface area contributed by atoms with Gasteiger partial charge >= 0.3 is 6.09 Å². The second kappa shape index (κ2) is 40.7. The summed E-state index contributed by atoms with van der Waals surface area (Å²) in [6.07, 6.45) is 4.42. The van der Waals surface area contributed by atoms with Crippen molar-refractivity contribution in [3.63, 3.8) is 0 Å². The van der Waals surface area contributed by atoms with E-state index in [0.29, 0.717) is 172 Å². The van der Waals surface area contributed by atoms with Crippen LogP contribution in [0.2, 0.25) is 0 Å². The number of carbonyl (C=O) groups is 1. The molecule has 0 unspecified atom stereocenters. The van der Waals surface area contributed by atoms with Crippen molar-refractivity contribution in [3.05, 3.63) is 59.7 Å². The van der Waals surface area contributed by atoms with Crippen molar-refractivity contribution in [1.29, 1.82) is 0 Å². The van der Waals surface area contributed by atoms with Crippen LogP contribution in [0, 0.1) is 0 Å². The Bertz CT molecular complexity index is 1300. The molecular formula is C47H77NO15. The minimum atomic E-state index is -0.453. The molecule has 0 aromatic heterocycles. The molecule has 0 heterocycles. The molecule has 1 aliphatic rings. The number of nitrogens with one attached hydrogen (secondary N) is 1. The minimum absolute atomic E-state index is 0.0345. The third kappa shape index (κ3) is 28.7. The Labute approximate surface area is 376 Å². The Morgan fingerprint density at radius 3 is 1.03 bits per heavy atom. The number of unbranched alkanes of at least 4 members (excludes halogenated alkanes) is 3. The molecule has 0 saturated carbocycles. The van der Waals surface area contributed by atoms with Gasteiger partial charge in [-0.3, -0.25) is 0 Å². The van der Waals surface area contributed by atoms with Crippen LogP contribution in [0.15, 0.2) is 48.5 Å². The Morgan fingerprint density at radius 1 is 0.397 bits per heavy atom. The molecule has 0 radical (unpaired) electrons. The van der Waals surface area contributed by atoms with Gasteiger partial charge < -0.3 is 71.6 Å². The van der Waals surface area contributed by atoms with E-state index in [1.165, 1.54) is 41.5 Å². The van der Waals surface area contributed by atoms with Crippen LogP contribution >= 0.6 is 0 Å². The third-order valence-corrected chi connectivity index (χ3v) is 9.47. The fourth-order valence-electron chi connectivity index (χ4n) is 6.25. The fraction of sp³-hybridized carbons (Fsp3) is 0.723. The van der Waals surface area contributed by atoms with Crippen molar-refractivity contribution in [2.75, 3.05) is 185 Å². The molecule has 0 fully saturated rings. The SMILES string of the molecule is CCCCCCOCCOCCOCCOCCOCCOCCOCCOCCOCCOCCOCCOCCOCCNC(=O)OCC1c2ccccc2-c2ccccc21. The van der Waals surface area contributed by atoms with Crippen molar-refractivity contribution >= 4 is 6.09 Å². The standard InChI is InChI=1S/C47H77NO15/c1-2-3-4-9-15-50-17-19-52-21-23-54-25-27-56-29-31-58-33-35-60-37-39-62-40-38-61-36-34-59-32-30-57-28-26-55-24-22-53-20-18-51-16-14-48-47(49)63-41-46-44-12-7-5-10-42(44)43-11-6-8-13-45(43)46/h5-8,10-13,46H,2-4,9,14-41H2,1H3,(H,48,49). The number of hydrogen-bond acceptors (Lipinski definition) is 15. The highest BCUT2D eigenvalue weighted by Crippen LogP contribution is 2.44. The molecule has 3 rings (SSSR count). The zero-order chi connectivity index (χ0) is 44.4. The Morgan fingerprint density at radius 2 is 0.698 bits per heavy atom. The summed E-state index contributed by atoms with van der Waals surface area (Å²) < 4.78 is 77.2. The monoisotopic (exact) mass is 896 g/mol. The van der Waals surface area contributed by atoms with Crippen molar-refractivity contribution in [2.24, 2.45) is 0 Å². The highest BCUT2D eigenvalue weighted by Gasteiger charge is 2.29. The lowest BCUT2D eigenvalue weighted by Gasteiger charge is -2.14. The molecule has 0 saturated heterocycles.